The van der Waals surface area contributed by atoms with Gasteiger partial charge >= 0.3 is 0 Å². The fourth-order valence-electron chi connectivity index (χ4n) is 3.52. The van der Waals surface area contributed by atoms with Gasteiger partial charge in [-0.15, -0.1) is 0 Å². The Hall–Kier alpha value is -2.15. The zero-order chi connectivity index (χ0) is 21.7. The van der Waals surface area contributed by atoms with Crippen LogP contribution in [0, 0.1) is 5.82 Å². The van der Waals surface area contributed by atoms with Crippen molar-refractivity contribution in [1.82, 2.24) is 14.9 Å². The van der Waals surface area contributed by atoms with Crippen LogP contribution in [0.5, 0.6) is 0 Å². The van der Waals surface area contributed by atoms with Gasteiger partial charge in [-0.2, -0.15) is 0 Å². The van der Waals surface area contributed by atoms with Gasteiger partial charge in [0, 0.05) is 28.9 Å². The van der Waals surface area contributed by atoms with Crippen LogP contribution in [0.3, 0.4) is 0 Å². The van der Waals surface area contributed by atoms with Crippen molar-refractivity contribution in [3.05, 3.63) is 68.4 Å². The van der Waals surface area contributed by atoms with Crippen molar-refractivity contribution >= 4 is 39.8 Å². The second kappa shape index (κ2) is 6.78. The predicted molar refractivity (Wildman–Crippen MR) is 106 cm³/mol. The second-order valence-electron chi connectivity index (χ2n) is 6.50. The van der Waals surface area contributed by atoms with E-state index in [9.17, 15) is 9.18 Å². The van der Waals surface area contributed by atoms with E-state index >= 15 is 0 Å². The van der Waals surface area contributed by atoms with E-state index in [1.54, 1.807) is 12.1 Å². The summed E-state index contributed by atoms with van der Waals surface area (Å²) in [6, 6.07) is 7.49. The highest BCUT2D eigenvalue weighted by Gasteiger charge is 2.40. The molecule has 27 heavy (non-hydrogen) atoms. The van der Waals surface area contributed by atoms with Gasteiger partial charge in [-0.05, 0) is 43.3 Å². The number of aromatic nitrogens is 2. The van der Waals surface area contributed by atoms with E-state index in [-0.39, 0.29) is 21.0 Å². The van der Waals surface area contributed by atoms with Crippen molar-refractivity contribution in [2.24, 2.45) is 6.98 Å². The first-order chi connectivity index (χ1) is 14.1. The lowest BCUT2D eigenvalue weighted by Gasteiger charge is -2.33. The molecule has 0 saturated carbocycles. The molecular formula is C19H17Cl2FN4O. The number of aryl methyl sites for hydroxylation is 1. The summed E-state index contributed by atoms with van der Waals surface area (Å²) in [6.07, 6.45) is 1.53. The molecule has 1 atom stereocenters. The maximum Gasteiger partial charge on any atom is 0.260 e. The molecule has 0 bridgehead atoms. The van der Waals surface area contributed by atoms with Crippen LogP contribution < -0.4 is 16.2 Å². The summed E-state index contributed by atoms with van der Waals surface area (Å²) in [5.41, 5.74) is -0.479. The van der Waals surface area contributed by atoms with Gasteiger partial charge < -0.3 is 15.2 Å². The molecule has 2 heterocycles. The fraction of sp³-hybridized carbons (Fsp3) is 0.263. The third-order valence-electron chi connectivity index (χ3n) is 4.82. The molecule has 0 radical (unpaired) electrons. The Balaban J connectivity index is 1.83. The Morgan fingerprint density at radius 2 is 2.22 bits per heavy atom. The molecule has 140 valence electrons. The summed E-state index contributed by atoms with van der Waals surface area (Å²) in [5.74, 6) is -0.493. The first-order valence-corrected chi connectivity index (χ1v) is 9.03. The number of rotatable bonds is 3. The predicted octanol–water partition coefficient (Wildman–Crippen LogP) is 3.68. The molecule has 8 heteroatoms. The topological polar surface area (TPSA) is 59.0 Å². The maximum atomic E-state index is 14.8. The molecule has 1 unspecified atom stereocenters. The SMILES string of the molecule is [2H]C([2H])([2H])n1cnc2ccc(NC3(c4c(F)ccc(Cl)c4Cl)CCNC3)cc2c1=O. The van der Waals surface area contributed by atoms with E-state index in [1.807, 2.05) is 0 Å². The minimum atomic E-state index is -2.64. The van der Waals surface area contributed by atoms with E-state index in [2.05, 4.69) is 15.6 Å². The molecule has 1 aromatic heterocycles. The lowest BCUT2D eigenvalue weighted by atomic mass is 9.88. The Labute approximate surface area is 169 Å². The minimum absolute atomic E-state index is 0.125. The second-order valence-corrected chi connectivity index (χ2v) is 7.29. The number of nitrogens with zero attached hydrogens (tertiary/aromatic N) is 2. The monoisotopic (exact) mass is 409 g/mol. The summed E-state index contributed by atoms with van der Waals surface area (Å²) in [4.78, 5) is 16.8. The molecule has 1 fully saturated rings. The van der Waals surface area contributed by atoms with Crippen molar-refractivity contribution in [2.45, 2.75) is 12.0 Å². The van der Waals surface area contributed by atoms with Gasteiger partial charge in [-0.3, -0.25) is 4.79 Å². The first-order valence-electron chi connectivity index (χ1n) is 9.77. The standard InChI is InChI=1S/C19H17Cl2FN4O/c1-26-10-24-15-5-2-11(8-12(15)18(26)27)25-19(6-7-23-9-19)16-14(22)4-3-13(20)17(16)21/h2-5,8,10,23,25H,6-7,9H2,1H3/i1D3. The molecule has 1 saturated heterocycles. The maximum absolute atomic E-state index is 14.8. The van der Waals surface area contributed by atoms with Crippen molar-refractivity contribution < 1.29 is 8.50 Å². The van der Waals surface area contributed by atoms with Crippen LogP contribution in [-0.2, 0) is 12.5 Å². The van der Waals surface area contributed by atoms with Gasteiger partial charge in [0.1, 0.15) is 5.82 Å². The summed E-state index contributed by atoms with van der Waals surface area (Å²) in [5, 5.41) is 7.00. The van der Waals surface area contributed by atoms with Crippen LogP contribution in [0.4, 0.5) is 10.1 Å². The molecule has 0 aliphatic carbocycles. The number of benzene rings is 2. The van der Waals surface area contributed by atoms with Gasteiger partial charge in [-0.1, -0.05) is 23.2 Å². The Kier molecular flexibility index (Phi) is 3.73. The molecule has 2 N–H and O–H groups in total. The average Bonchev–Trinajstić information content (AvgIpc) is 3.14. The number of fused-ring (bicyclic) bond motifs is 1. The van der Waals surface area contributed by atoms with Crippen molar-refractivity contribution in [1.29, 1.82) is 0 Å². The molecular weight excluding hydrogens is 390 g/mol. The number of hydrogen-bond acceptors (Lipinski definition) is 4. The van der Waals surface area contributed by atoms with E-state index in [1.165, 1.54) is 18.2 Å². The lowest BCUT2D eigenvalue weighted by molar-refractivity contribution is 0.496. The van der Waals surface area contributed by atoms with Crippen molar-refractivity contribution in [2.75, 3.05) is 18.4 Å². The Morgan fingerprint density at radius 3 is 2.96 bits per heavy atom. The summed E-state index contributed by atoms with van der Waals surface area (Å²) in [6.45, 7) is -1.64. The molecule has 1 aliphatic heterocycles. The number of nitrogens with one attached hydrogen (secondary N) is 2. The number of hydrogen-bond donors (Lipinski definition) is 2. The van der Waals surface area contributed by atoms with Crippen LogP contribution in [0.2, 0.25) is 10.0 Å². The van der Waals surface area contributed by atoms with E-state index < -0.39 is 23.9 Å². The third kappa shape index (κ3) is 3.08. The highest BCUT2D eigenvalue weighted by molar-refractivity contribution is 6.42. The fourth-order valence-corrected chi connectivity index (χ4v) is 4.01. The van der Waals surface area contributed by atoms with Gasteiger partial charge in [0.2, 0.25) is 0 Å². The third-order valence-corrected chi connectivity index (χ3v) is 5.62. The highest BCUT2D eigenvalue weighted by Crippen LogP contribution is 2.41. The highest BCUT2D eigenvalue weighted by atomic mass is 35.5. The molecule has 0 amide bonds. The smallest absolute Gasteiger partial charge is 0.260 e. The summed E-state index contributed by atoms with van der Waals surface area (Å²) in [7, 11) is 0. The minimum Gasteiger partial charge on any atom is -0.374 e. The van der Waals surface area contributed by atoms with Gasteiger partial charge in [0.15, 0.2) is 0 Å². The average molecular weight is 410 g/mol. The lowest BCUT2D eigenvalue weighted by Crippen LogP contribution is -2.39. The molecule has 4 rings (SSSR count). The molecule has 3 aromatic rings. The quantitative estimate of drug-likeness (QED) is 0.647. The molecule has 1 aliphatic rings. The van der Waals surface area contributed by atoms with Crippen LogP contribution in [0.15, 0.2) is 41.5 Å². The van der Waals surface area contributed by atoms with Crippen LogP contribution in [-0.4, -0.2) is 22.6 Å². The van der Waals surface area contributed by atoms with Crippen molar-refractivity contribution in [3.8, 4) is 0 Å². The summed E-state index contributed by atoms with van der Waals surface area (Å²) >= 11 is 12.5. The van der Waals surface area contributed by atoms with Gasteiger partial charge in [-0.25, -0.2) is 9.37 Å². The van der Waals surface area contributed by atoms with Gasteiger partial charge in [0.25, 0.3) is 5.56 Å². The molecule has 0 spiro atoms. The van der Waals surface area contributed by atoms with Crippen LogP contribution in [0.1, 0.15) is 16.1 Å². The number of anilines is 1. The zero-order valence-corrected chi connectivity index (χ0v) is 15.5. The van der Waals surface area contributed by atoms with Crippen LogP contribution in [0.25, 0.3) is 10.9 Å². The largest absolute Gasteiger partial charge is 0.374 e. The van der Waals surface area contributed by atoms with E-state index in [0.717, 1.165) is 6.33 Å². The summed E-state index contributed by atoms with van der Waals surface area (Å²) < 4.78 is 37.9. The van der Waals surface area contributed by atoms with Gasteiger partial charge in [0.05, 0.1) is 32.8 Å². The molecule has 2 aromatic carbocycles. The number of halogens is 3. The van der Waals surface area contributed by atoms with E-state index in [4.69, 9.17) is 27.3 Å². The normalized spacial score (nSPS) is 21.7. The first kappa shape index (κ1) is 14.9. The van der Waals surface area contributed by atoms with Crippen molar-refractivity contribution in [3.63, 3.8) is 0 Å². The molecule has 5 nitrogen and oxygen atoms in total. The zero-order valence-electron chi connectivity index (χ0n) is 17.0. The Bertz CT molecular complexity index is 1190. The Morgan fingerprint density at radius 1 is 1.37 bits per heavy atom. The van der Waals surface area contributed by atoms with E-state index in [0.29, 0.717) is 35.3 Å². The van der Waals surface area contributed by atoms with Crippen LogP contribution >= 0.6 is 23.2 Å².